The Morgan fingerprint density at radius 2 is 2.00 bits per heavy atom. The number of ether oxygens (including phenoxy) is 1. The van der Waals surface area contributed by atoms with Gasteiger partial charge in [-0.1, -0.05) is 12.2 Å². The van der Waals surface area contributed by atoms with Crippen LogP contribution in [0, 0.1) is 5.92 Å². The first kappa shape index (κ1) is 14.8. The van der Waals surface area contributed by atoms with Crippen LogP contribution in [0.3, 0.4) is 0 Å². The van der Waals surface area contributed by atoms with Crippen molar-refractivity contribution in [1.82, 2.24) is 0 Å². The zero-order chi connectivity index (χ0) is 16.7. The fourth-order valence-electron chi connectivity index (χ4n) is 2.73. The number of aromatic hydroxyl groups is 2. The van der Waals surface area contributed by atoms with Gasteiger partial charge in [-0.15, -0.1) is 0 Å². The third-order valence-corrected chi connectivity index (χ3v) is 3.80. The summed E-state index contributed by atoms with van der Waals surface area (Å²) in [6.07, 6.45) is 2.54. The lowest BCUT2D eigenvalue weighted by atomic mass is 9.79. The van der Waals surface area contributed by atoms with E-state index < -0.39 is 41.1 Å². The summed E-state index contributed by atoms with van der Waals surface area (Å²) in [5.41, 5.74) is 0.820. The number of Topliss-reactive ketones (excluding diaryl/α,β-unsaturated/α-hetero) is 1. The second-order valence-electron chi connectivity index (χ2n) is 5.22. The van der Waals surface area contributed by atoms with E-state index in [0.29, 0.717) is 11.1 Å². The lowest BCUT2D eigenvalue weighted by Crippen LogP contribution is -2.44. The highest BCUT2D eigenvalue weighted by molar-refractivity contribution is 6.44. The number of hydrogen-bond acceptors (Lipinski definition) is 6. The van der Waals surface area contributed by atoms with E-state index in [2.05, 4.69) is 0 Å². The molecule has 7 heteroatoms. The van der Waals surface area contributed by atoms with Crippen LogP contribution in [0.1, 0.15) is 12.0 Å². The number of allylic oxidation sites excluding steroid dienone is 1. The number of carboxylic acid groups (broad SMARTS) is 1. The Hall–Kier alpha value is -3.09. The molecule has 1 aliphatic carbocycles. The number of aliphatic carboxylic acids is 1. The number of phenolic OH excluding ortho intramolecular Hbond substituents is 2. The van der Waals surface area contributed by atoms with Crippen LogP contribution in [-0.2, 0) is 14.4 Å². The normalized spacial score (nSPS) is 24.1. The number of benzene rings is 1. The topological polar surface area (TPSA) is 121 Å². The van der Waals surface area contributed by atoms with E-state index in [-0.39, 0.29) is 12.2 Å². The monoisotopic (exact) mass is 316 g/mol. The molecular weight excluding hydrogens is 304 g/mol. The van der Waals surface area contributed by atoms with Gasteiger partial charge in [0.05, 0.1) is 6.42 Å². The molecule has 1 aliphatic heterocycles. The van der Waals surface area contributed by atoms with Gasteiger partial charge >= 0.3 is 5.97 Å². The van der Waals surface area contributed by atoms with Gasteiger partial charge in [-0.3, -0.25) is 14.4 Å². The van der Waals surface area contributed by atoms with Crippen molar-refractivity contribution < 1.29 is 34.4 Å². The molecule has 1 aromatic carbocycles. The minimum absolute atomic E-state index is 0.140. The lowest BCUT2D eigenvalue weighted by molar-refractivity contribution is -0.139. The van der Waals surface area contributed by atoms with Gasteiger partial charge in [-0.05, 0) is 23.8 Å². The van der Waals surface area contributed by atoms with Crippen molar-refractivity contribution in [1.29, 1.82) is 0 Å². The zero-order valence-corrected chi connectivity index (χ0v) is 11.7. The fourth-order valence-corrected chi connectivity index (χ4v) is 2.73. The SMILES string of the molecule is O=C(O)C/C=C1\c2ccc(O)c(O)c2OC2C(=O)C(=O)C=CC12. The van der Waals surface area contributed by atoms with Crippen LogP contribution in [0.15, 0.2) is 30.4 Å². The van der Waals surface area contributed by atoms with Crippen LogP contribution in [0.4, 0.5) is 0 Å². The highest BCUT2D eigenvalue weighted by atomic mass is 16.5. The van der Waals surface area contributed by atoms with Crippen LogP contribution < -0.4 is 4.74 Å². The van der Waals surface area contributed by atoms with E-state index in [1.165, 1.54) is 24.3 Å². The second kappa shape index (κ2) is 5.28. The molecule has 0 aromatic heterocycles. The summed E-state index contributed by atoms with van der Waals surface area (Å²) in [5.74, 6) is -4.34. The number of hydrogen-bond donors (Lipinski definition) is 3. The van der Waals surface area contributed by atoms with E-state index in [1.807, 2.05) is 0 Å². The standard InChI is InChI=1S/C16H12O7/c17-10-4-1-8-7(3-6-12(19)20)9-2-5-11(18)14(22)16(9)23-15(8)13(10)21/h1-5,8,15,18,22H,6H2,(H,19,20)/b7-3-. The van der Waals surface area contributed by atoms with Gasteiger partial charge in [0.15, 0.2) is 17.6 Å². The summed E-state index contributed by atoms with van der Waals surface area (Å²) in [6, 6.07) is 2.70. The molecule has 3 N–H and O–H groups in total. The minimum Gasteiger partial charge on any atom is -0.504 e. The van der Waals surface area contributed by atoms with Crippen molar-refractivity contribution in [3.8, 4) is 17.2 Å². The molecule has 0 fully saturated rings. The van der Waals surface area contributed by atoms with E-state index in [1.54, 1.807) is 0 Å². The van der Waals surface area contributed by atoms with Crippen molar-refractivity contribution >= 4 is 23.1 Å². The average molecular weight is 316 g/mol. The second-order valence-corrected chi connectivity index (χ2v) is 5.22. The molecule has 0 saturated heterocycles. The average Bonchev–Trinajstić information content (AvgIpc) is 2.51. The van der Waals surface area contributed by atoms with Gasteiger partial charge in [-0.2, -0.15) is 0 Å². The Morgan fingerprint density at radius 1 is 1.26 bits per heavy atom. The molecule has 1 aromatic rings. The molecule has 118 valence electrons. The first-order valence-electron chi connectivity index (χ1n) is 6.80. The van der Waals surface area contributed by atoms with Crippen molar-refractivity contribution in [3.63, 3.8) is 0 Å². The summed E-state index contributed by atoms with van der Waals surface area (Å²) in [5, 5.41) is 28.4. The number of phenols is 2. The molecular formula is C16H12O7. The Bertz CT molecular complexity index is 788. The van der Waals surface area contributed by atoms with Gasteiger partial charge in [-0.25, -0.2) is 0 Å². The zero-order valence-electron chi connectivity index (χ0n) is 11.7. The van der Waals surface area contributed by atoms with Gasteiger partial charge in [0.25, 0.3) is 0 Å². The maximum atomic E-state index is 12.0. The van der Waals surface area contributed by atoms with Crippen LogP contribution >= 0.6 is 0 Å². The third-order valence-electron chi connectivity index (χ3n) is 3.80. The van der Waals surface area contributed by atoms with E-state index in [4.69, 9.17) is 9.84 Å². The summed E-state index contributed by atoms with van der Waals surface area (Å²) in [7, 11) is 0. The number of carboxylic acids is 1. The van der Waals surface area contributed by atoms with Crippen molar-refractivity contribution in [3.05, 3.63) is 35.9 Å². The summed E-state index contributed by atoms with van der Waals surface area (Å²) < 4.78 is 5.45. The van der Waals surface area contributed by atoms with Crippen LogP contribution in [0.2, 0.25) is 0 Å². The summed E-state index contributed by atoms with van der Waals surface area (Å²) in [6.45, 7) is 0. The summed E-state index contributed by atoms with van der Waals surface area (Å²) >= 11 is 0. The Balaban J connectivity index is 2.19. The molecule has 3 rings (SSSR count). The summed E-state index contributed by atoms with van der Waals surface area (Å²) in [4.78, 5) is 34.4. The van der Waals surface area contributed by atoms with E-state index in [9.17, 15) is 24.6 Å². The van der Waals surface area contributed by atoms with Gasteiger partial charge in [0.1, 0.15) is 0 Å². The van der Waals surface area contributed by atoms with Gasteiger partial charge in [0, 0.05) is 11.5 Å². The number of fused-ring (bicyclic) bond motifs is 2. The maximum absolute atomic E-state index is 12.0. The molecule has 2 unspecified atom stereocenters. The highest BCUT2D eigenvalue weighted by Gasteiger charge is 2.43. The molecule has 0 spiro atoms. The molecule has 1 heterocycles. The first-order chi connectivity index (χ1) is 10.9. The molecule has 7 nitrogen and oxygen atoms in total. The minimum atomic E-state index is -1.19. The number of ketones is 2. The van der Waals surface area contributed by atoms with E-state index >= 15 is 0 Å². The van der Waals surface area contributed by atoms with Crippen LogP contribution in [-0.4, -0.2) is 39.0 Å². The maximum Gasteiger partial charge on any atom is 0.307 e. The first-order valence-corrected chi connectivity index (χ1v) is 6.80. The quantitative estimate of drug-likeness (QED) is 0.550. The molecule has 0 radical (unpaired) electrons. The smallest absolute Gasteiger partial charge is 0.307 e. The molecule has 0 amide bonds. The Kier molecular flexibility index (Phi) is 3.40. The molecule has 0 bridgehead atoms. The van der Waals surface area contributed by atoms with Crippen LogP contribution in [0.5, 0.6) is 17.2 Å². The van der Waals surface area contributed by atoms with Gasteiger partial charge in [0.2, 0.25) is 17.3 Å². The lowest BCUT2D eigenvalue weighted by Gasteiger charge is -2.34. The number of carbonyl (C=O) groups is 3. The molecule has 0 saturated carbocycles. The highest BCUT2D eigenvalue weighted by Crippen LogP contribution is 2.49. The Morgan fingerprint density at radius 3 is 2.70 bits per heavy atom. The van der Waals surface area contributed by atoms with Crippen molar-refractivity contribution in [2.45, 2.75) is 12.5 Å². The number of rotatable bonds is 2. The number of carbonyl (C=O) groups excluding carboxylic acids is 2. The van der Waals surface area contributed by atoms with Crippen LogP contribution in [0.25, 0.3) is 5.57 Å². The predicted molar refractivity (Wildman–Crippen MR) is 77.1 cm³/mol. The predicted octanol–water partition coefficient (Wildman–Crippen LogP) is 1.04. The molecule has 23 heavy (non-hydrogen) atoms. The Labute approximate surface area is 130 Å². The van der Waals surface area contributed by atoms with Crippen molar-refractivity contribution in [2.24, 2.45) is 5.92 Å². The fraction of sp³-hybridized carbons (Fsp3) is 0.188. The molecule has 2 atom stereocenters. The molecule has 2 aliphatic rings. The van der Waals surface area contributed by atoms with Crippen molar-refractivity contribution in [2.75, 3.05) is 0 Å². The third kappa shape index (κ3) is 2.36. The van der Waals surface area contributed by atoms with Gasteiger partial charge < -0.3 is 20.1 Å². The van der Waals surface area contributed by atoms with E-state index in [0.717, 1.165) is 6.08 Å². The largest absolute Gasteiger partial charge is 0.504 e.